The molecule has 108 valence electrons. The summed E-state index contributed by atoms with van der Waals surface area (Å²) in [4.78, 5) is 17.0. The molecule has 20 heavy (non-hydrogen) atoms. The number of likely N-dealkylation sites (tertiary alicyclic amines) is 1. The third-order valence-corrected chi connectivity index (χ3v) is 4.81. The lowest BCUT2D eigenvalue weighted by Gasteiger charge is -2.26. The minimum Gasteiger partial charge on any atom is -0.399 e. The Morgan fingerprint density at radius 2 is 2.10 bits per heavy atom. The highest BCUT2D eigenvalue weighted by Gasteiger charge is 2.35. The first-order chi connectivity index (χ1) is 9.63. The average Bonchev–Trinajstić information content (AvgIpc) is 2.63. The smallest absolute Gasteiger partial charge is 0.227 e. The van der Waals surface area contributed by atoms with Gasteiger partial charge in [0, 0.05) is 30.9 Å². The van der Waals surface area contributed by atoms with Crippen molar-refractivity contribution in [3.63, 3.8) is 0 Å². The number of amides is 1. The Balaban J connectivity index is 1.65. The van der Waals surface area contributed by atoms with Crippen LogP contribution in [-0.2, 0) is 11.2 Å². The largest absolute Gasteiger partial charge is 0.399 e. The lowest BCUT2D eigenvalue weighted by atomic mass is 10.1. The molecule has 4 heteroatoms. The summed E-state index contributed by atoms with van der Waals surface area (Å²) in [6.45, 7) is 1.78. The highest BCUT2D eigenvalue weighted by Crippen LogP contribution is 2.28. The van der Waals surface area contributed by atoms with E-state index >= 15 is 0 Å². The molecule has 2 N–H and O–H groups in total. The van der Waals surface area contributed by atoms with E-state index in [-0.39, 0.29) is 5.91 Å². The van der Waals surface area contributed by atoms with Crippen LogP contribution in [0.1, 0.15) is 24.8 Å². The lowest BCUT2D eigenvalue weighted by Crippen LogP contribution is -2.40. The zero-order chi connectivity index (χ0) is 14.1. The quantitative estimate of drug-likeness (QED) is 0.831. The third kappa shape index (κ3) is 2.66. The summed E-state index contributed by atoms with van der Waals surface area (Å²) < 4.78 is 0. The van der Waals surface area contributed by atoms with Crippen LogP contribution in [0, 0.1) is 0 Å². The number of likely N-dealkylation sites (N-methyl/N-ethyl adjacent to an activating group) is 1. The van der Waals surface area contributed by atoms with Gasteiger partial charge < -0.3 is 10.6 Å². The van der Waals surface area contributed by atoms with Crippen LogP contribution in [0.4, 0.5) is 5.69 Å². The molecule has 0 aliphatic carbocycles. The molecule has 4 nitrogen and oxygen atoms in total. The highest BCUT2D eigenvalue weighted by atomic mass is 16.2. The van der Waals surface area contributed by atoms with Crippen molar-refractivity contribution in [2.75, 3.05) is 25.9 Å². The molecule has 2 saturated heterocycles. The van der Waals surface area contributed by atoms with E-state index < -0.39 is 0 Å². The molecular formula is C16H23N3O. The molecule has 0 spiro atoms. The van der Waals surface area contributed by atoms with Crippen LogP contribution in [0.25, 0.3) is 0 Å². The molecule has 2 aliphatic heterocycles. The summed E-state index contributed by atoms with van der Waals surface area (Å²) >= 11 is 0. The maximum atomic E-state index is 12.5. The Kier molecular flexibility index (Phi) is 3.66. The van der Waals surface area contributed by atoms with Crippen molar-refractivity contribution >= 4 is 11.6 Å². The average molecular weight is 273 g/mol. The molecule has 2 fully saturated rings. The minimum atomic E-state index is 0.233. The van der Waals surface area contributed by atoms with Gasteiger partial charge >= 0.3 is 0 Å². The van der Waals surface area contributed by atoms with Gasteiger partial charge in [-0.15, -0.1) is 0 Å². The standard InChI is InChI=1S/C16H23N3O/c1-18-14-5-6-15(18)11-19(8-7-14)16(20)10-12-3-2-4-13(17)9-12/h2-4,9,14-15H,5-8,10-11,17H2,1H3. The van der Waals surface area contributed by atoms with Crippen LogP contribution in [0.15, 0.2) is 24.3 Å². The Hall–Kier alpha value is -1.55. The number of nitrogens with two attached hydrogens (primary N) is 1. The van der Waals surface area contributed by atoms with Crippen molar-refractivity contribution in [3.8, 4) is 0 Å². The minimum absolute atomic E-state index is 0.233. The molecule has 2 unspecified atom stereocenters. The van der Waals surface area contributed by atoms with Crippen LogP contribution in [0.3, 0.4) is 0 Å². The van der Waals surface area contributed by atoms with Crippen LogP contribution >= 0.6 is 0 Å². The first kappa shape index (κ1) is 13.4. The number of anilines is 1. The second-order valence-electron chi connectivity index (χ2n) is 6.10. The monoisotopic (exact) mass is 273 g/mol. The van der Waals surface area contributed by atoms with Gasteiger partial charge in [0.15, 0.2) is 0 Å². The fourth-order valence-electron chi connectivity index (χ4n) is 3.52. The number of nitrogens with zero attached hydrogens (tertiary/aromatic N) is 2. The molecule has 0 aromatic heterocycles. The number of carbonyl (C=O) groups excluding carboxylic acids is 1. The van der Waals surface area contributed by atoms with Crippen LogP contribution in [0.2, 0.25) is 0 Å². The second kappa shape index (κ2) is 5.44. The molecule has 1 aromatic carbocycles. The molecule has 2 bridgehead atoms. The molecule has 0 radical (unpaired) electrons. The van der Waals surface area contributed by atoms with Crippen molar-refractivity contribution in [1.82, 2.24) is 9.80 Å². The summed E-state index contributed by atoms with van der Waals surface area (Å²) in [5, 5.41) is 0. The summed E-state index contributed by atoms with van der Waals surface area (Å²) in [5.41, 5.74) is 7.51. The van der Waals surface area contributed by atoms with Crippen LogP contribution in [-0.4, -0.2) is 47.9 Å². The van der Waals surface area contributed by atoms with Gasteiger partial charge in [-0.05, 0) is 44.0 Å². The van der Waals surface area contributed by atoms with Gasteiger partial charge in [-0.1, -0.05) is 12.1 Å². The number of fused-ring (bicyclic) bond motifs is 2. The van der Waals surface area contributed by atoms with E-state index in [0.29, 0.717) is 18.5 Å². The van der Waals surface area contributed by atoms with Gasteiger partial charge in [-0.25, -0.2) is 0 Å². The Morgan fingerprint density at radius 3 is 2.90 bits per heavy atom. The normalized spacial score (nSPS) is 26.6. The Labute approximate surface area is 120 Å². The molecule has 2 atom stereocenters. The SMILES string of the molecule is CN1C2CCC1CN(C(=O)Cc1cccc(N)c1)CC2. The van der Waals surface area contributed by atoms with Crippen molar-refractivity contribution in [3.05, 3.63) is 29.8 Å². The van der Waals surface area contributed by atoms with Gasteiger partial charge in [-0.3, -0.25) is 9.69 Å². The van der Waals surface area contributed by atoms with E-state index in [0.717, 1.165) is 30.8 Å². The van der Waals surface area contributed by atoms with Crippen molar-refractivity contribution in [1.29, 1.82) is 0 Å². The maximum Gasteiger partial charge on any atom is 0.227 e. The van der Waals surface area contributed by atoms with E-state index in [2.05, 4.69) is 11.9 Å². The summed E-state index contributed by atoms with van der Waals surface area (Å²) in [6.07, 6.45) is 4.09. The number of nitrogen functional groups attached to an aromatic ring is 1. The number of hydrogen-bond donors (Lipinski definition) is 1. The van der Waals surface area contributed by atoms with E-state index in [1.807, 2.05) is 29.2 Å². The first-order valence-corrected chi connectivity index (χ1v) is 7.47. The fraction of sp³-hybridized carbons (Fsp3) is 0.562. The van der Waals surface area contributed by atoms with Gasteiger partial charge in [-0.2, -0.15) is 0 Å². The molecule has 3 rings (SSSR count). The van der Waals surface area contributed by atoms with E-state index in [9.17, 15) is 4.79 Å². The topological polar surface area (TPSA) is 49.6 Å². The number of hydrogen-bond acceptors (Lipinski definition) is 3. The molecule has 2 aliphatic rings. The third-order valence-electron chi connectivity index (χ3n) is 4.81. The molecule has 0 saturated carbocycles. The maximum absolute atomic E-state index is 12.5. The number of carbonyl (C=O) groups is 1. The molecule has 2 heterocycles. The van der Waals surface area contributed by atoms with Crippen molar-refractivity contribution in [2.45, 2.75) is 37.8 Å². The molecule has 1 amide bonds. The summed E-state index contributed by atoms with van der Waals surface area (Å²) in [7, 11) is 2.20. The zero-order valence-corrected chi connectivity index (χ0v) is 12.1. The van der Waals surface area contributed by atoms with Crippen LogP contribution < -0.4 is 5.73 Å². The lowest BCUT2D eigenvalue weighted by molar-refractivity contribution is -0.130. The van der Waals surface area contributed by atoms with Gasteiger partial charge in [0.25, 0.3) is 0 Å². The van der Waals surface area contributed by atoms with E-state index in [1.165, 1.54) is 12.8 Å². The highest BCUT2D eigenvalue weighted by molar-refractivity contribution is 5.79. The second-order valence-corrected chi connectivity index (χ2v) is 6.10. The summed E-state index contributed by atoms with van der Waals surface area (Å²) in [5.74, 6) is 0.233. The fourth-order valence-corrected chi connectivity index (χ4v) is 3.52. The predicted octanol–water partition coefficient (Wildman–Crippen LogP) is 1.51. The van der Waals surface area contributed by atoms with Crippen LogP contribution in [0.5, 0.6) is 0 Å². The van der Waals surface area contributed by atoms with Crippen molar-refractivity contribution < 1.29 is 4.79 Å². The van der Waals surface area contributed by atoms with Gasteiger partial charge in [0.2, 0.25) is 5.91 Å². The Morgan fingerprint density at radius 1 is 1.30 bits per heavy atom. The van der Waals surface area contributed by atoms with Gasteiger partial charge in [0.05, 0.1) is 6.42 Å². The molecular weight excluding hydrogens is 250 g/mol. The van der Waals surface area contributed by atoms with E-state index in [4.69, 9.17) is 5.73 Å². The van der Waals surface area contributed by atoms with E-state index in [1.54, 1.807) is 0 Å². The molecule has 1 aromatic rings. The Bertz CT molecular complexity index is 502. The summed E-state index contributed by atoms with van der Waals surface area (Å²) in [6, 6.07) is 8.86. The number of benzene rings is 1. The van der Waals surface area contributed by atoms with Gasteiger partial charge in [0.1, 0.15) is 0 Å². The first-order valence-electron chi connectivity index (χ1n) is 7.47. The van der Waals surface area contributed by atoms with Crippen molar-refractivity contribution in [2.24, 2.45) is 0 Å². The number of rotatable bonds is 2. The predicted molar refractivity (Wildman–Crippen MR) is 80.3 cm³/mol. The zero-order valence-electron chi connectivity index (χ0n) is 12.1.